The number of rotatable bonds is 6. The fourth-order valence-electron chi connectivity index (χ4n) is 1.43. The van der Waals surface area contributed by atoms with E-state index in [0.717, 1.165) is 5.56 Å². The van der Waals surface area contributed by atoms with Crippen molar-refractivity contribution in [1.29, 1.82) is 0 Å². The molecule has 19 heavy (non-hydrogen) atoms. The molecule has 3 N–H and O–H groups in total. The minimum atomic E-state index is -4.27. The van der Waals surface area contributed by atoms with Gasteiger partial charge in [0.2, 0.25) is 5.91 Å². The molecule has 1 aromatic rings. The van der Waals surface area contributed by atoms with Crippen LogP contribution in [0.2, 0.25) is 0 Å². The molecular weight excluding hydrogens is 277 g/mol. The van der Waals surface area contributed by atoms with E-state index in [4.69, 9.17) is 5.73 Å². The molecule has 1 aromatic carbocycles. The number of alkyl halides is 3. The number of halogens is 3. The third kappa shape index (κ3) is 7.07. The molecule has 0 saturated heterocycles. The molecule has 0 aliphatic rings. The lowest BCUT2D eigenvalue weighted by Crippen LogP contribution is -2.42. The van der Waals surface area contributed by atoms with E-state index >= 15 is 0 Å². The average Bonchev–Trinajstić information content (AvgIpc) is 2.34. The van der Waals surface area contributed by atoms with Crippen LogP contribution in [0.3, 0.4) is 0 Å². The zero-order valence-electron chi connectivity index (χ0n) is 10.1. The highest BCUT2D eigenvalue weighted by Crippen LogP contribution is 2.29. The molecule has 0 spiro atoms. The van der Waals surface area contributed by atoms with Crippen LogP contribution in [-0.4, -0.2) is 29.8 Å². The van der Waals surface area contributed by atoms with Gasteiger partial charge in [0.15, 0.2) is 0 Å². The van der Waals surface area contributed by atoms with Crippen LogP contribution in [0.4, 0.5) is 13.2 Å². The molecule has 0 saturated carbocycles. The van der Waals surface area contributed by atoms with Gasteiger partial charge in [-0.3, -0.25) is 4.79 Å². The molecule has 3 nitrogen and oxygen atoms in total. The first kappa shape index (κ1) is 15.8. The highest BCUT2D eigenvalue weighted by Gasteiger charge is 2.27. The minimum Gasteiger partial charge on any atom is -0.354 e. The molecule has 0 bridgehead atoms. The number of benzene rings is 1. The van der Waals surface area contributed by atoms with Gasteiger partial charge in [0.1, 0.15) is 0 Å². The van der Waals surface area contributed by atoms with E-state index in [1.807, 2.05) is 30.3 Å². The van der Waals surface area contributed by atoms with E-state index in [2.05, 4.69) is 5.32 Å². The van der Waals surface area contributed by atoms with Gasteiger partial charge in [0.25, 0.3) is 0 Å². The van der Waals surface area contributed by atoms with E-state index < -0.39 is 17.5 Å². The van der Waals surface area contributed by atoms with Crippen molar-refractivity contribution in [2.75, 3.05) is 12.3 Å². The van der Waals surface area contributed by atoms with Gasteiger partial charge in [-0.15, -0.1) is 0 Å². The van der Waals surface area contributed by atoms with Crippen molar-refractivity contribution in [3.8, 4) is 0 Å². The number of carbonyl (C=O) groups excluding carboxylic acids is 1. The number of amides is 1. The molecule has 0 fully saturated rings. The van der Waals surface area contributed by atoms with Crippen molar-refractivity contribution in [1.82, 2.24) is 5.32 Å². The lowest BCUT2D eigenvalue weighted by molar-refractivity contribution is -0.122. The predicted octanol–water partition coefficient (Wildman–Crippen LogP) is 1.93. The van der Waals surface area contributed by atoms with E-state index in [0.29, 0.717) is 6.42 Å². The Morgan fingerprint density at radius 1 is 1.32 bits per heavy atom. The second-order valence-corrected chi connectivity index (χ2v) is 5.04. The topological polar surface area (TPSA) is 55.1 Å². The summed E-state index contributed by atoms with van der Waals surface area (Å²) in [5.41, 5.74) is 2.32. The van der Waals surface area contributed by atoms with Crippen LogP contribution in [-0.2, 0) is 11.2 Å². The van der Waals surface area contributed by atoms with Gasteiger partial charge in [0, 0.05) is 12.3 Å². The molecule has 7 heteroatoms. The summed E-state index contributed by atoms with van der Waals surface area (Å²) in [5, 5.41) is 2.39. The average molecular weight is 292 g/mol. The Kier molecular flexibility index (Phi) is 6.17. The zero-order chi connectivity index (χ0) is 14.3. The second-order valence-electron chi connectivity index (χ2n) is 3.88. The summed E-state index contributed by atoms with van der Waals surface area (Å²) < 4.78 is 35.6. The molecular formula is C12H15F3N2OS. The van der Waals surface area contributed by atoms with Crippen LogP contribution in [0.25, 0.3) is 0 Å². The highest BCUT2D eigenvalue weighted by molar-refractivity contribution is 8.00. The molecule has 0 radical (unpaired) electrons. The van der Waals surface area contributed by atoms with Gasteiger partial charge < -0.3 is 11.1 Å². The first-order valence-electron chi connectivity index (χ1n) is 5.66. The maximum absolute atomic E-state index is 11.9. The molecule has 106 valence electrons. The van der Waals surface area contributed by atoms with Crippen LogP contribution in [0.5, 0.6) is 0 Å². The smallest absolute Gasteiger partial charge is 0.354 e. The van der Waals surface area contributed by atoms with E-state index in [-0.39, 0.29) is 24.1 Å². The number of nitrogens with one attached hydrogen (secondary N) is 1. The SMILES string of the molecule is N[C@@H](Cc1ccccc1)C(=O)NCCSC(F)(F)F. The number of hydrogen-bond donors (Lipinski definition) is 2. The van der Waals surface area contributed by atoms with Gasteiger partial charge in [0.05, 0.1) is 6.04 Å². The predicted molar refractivity (Wildman–Crippen MR) is 69.6 cm³/mol. The maximum atomic E-state index is 11.9. The molecule has 1 amide bonds. The van der Waals surface area contributed by atoms with Gasteiger partial charge in [-0.05, 0) is 23.7 Å². The summed E-state index contributed by atoms with van der Waals surface area (Å²) in [4.78, 5) is 11.5. The summed E-state index contributed by atoms with van der Waals surface area (Å²) in [6, 6.07) is 8.45. The van der Waals surface area contributed by atoms with Crippen LogP contribution in [0, 0.1) is 0 Å². The van der Waals surface area contributed by atoms with Gasteiger partial charge in [-0.1, -0.05) is 30.3 Å². The lowest BCUT2D eigenvalue weighted by Gasteiger charge is -2.12. The van der Waals surface area contributed by atoms with Crippen LogP contribution in [0.1, 0.15) is 5.56 Å². The summed E-state index contributed by atoms with van der Waals surface area (Å²) in [6.45, 7) is -0.0501. The Morgan fingerprint density at radius 2 is 1.95 bits per heavy atom. The van der Waals surface area contributed by atoms with Crippen LogP contribution < -0.4 is 11.1 Å². The highest BCUT2D eigenvalue weighted by atomic mass is 32.2. The van der Waals surface area contributed by atoms with Crippen molar-refractivity contribution in [2.45, 2.75) is 18.0 Å². The molecule has 0 heterocycles. The number of carbonyl (C=O) groups is 1. The van der Waals surface area contributed by atoms with E-state index in [9.17, 15) is 18.0 Å². The molecule has 0 aromatic heterocycles. The largest absolute Gasteiger partial charge is 0.441 e. The zero-order valence-corrected chi connectivity index (χ0v) is 10.9. The normalized spacial score (nSPS) is 13.1. The summed E-state index contributed by atoms with van der Waals surface area (Å²) in [6.07, 6.45) is 0.360. The molecule has 1 rings (SSSR count). The first-order chi connectivity index (χ1) is 8.88. The molecule has 0 unspecified atom stereocenters. The molecule has 1 atom stereocenters. The summed E-state index contributed by atoms with van der Waals surface area (Å²) in [5.74, 6) is -0.653. The minimum absolute atomic E-state index is 0.0501. The Hall–Kier alpha value is -1.21. The van der Waals surface area contributed by atoms with Gasteiger partial charge in [-0.25, -0.2) is 0 Å². The van der Waals surface area contributed by atoms with Gasteiger partial charge >= 0.3 is 5.51 Å². The lowest BCUT2D eigenvalue weighted by atomic mass is 10.1. The Morgan fingerprint density at radius 3 is 2.53 bits per heavy atom. The standard InChI is InChI=1S/C12H15F3N2OS/c13-12(14,15)19-7-6-17-11(18)10(16)8-9-4-2-1-3-5-9/h1-5,10H,6-8,16H2,(H,17,18)/t10-/m0/s1. The van der Waals surface area contributed by atoms with Crippen molar-refractivity contribution >= 4 is 17.7 Å². The fraction of sp³-hybridized carbons (Fsp3) is 0.417. The number of thioether (sulfide) groups is 1. The van der Waals surface area contributed by atoms with Crippen molar-refractivity contribution in [3.63, 3.8) is 0 Å². The first-order valence-corrected chi connectivity index (χ1v) is 6.65. The number of hydrogen-bond acceptors (Lipinski definition) is 3. The quantitative estimate of drug-likeness (QED) is 0.788. The third-order valence-corrected chi connectivity index (χ3v) is 3.04. The van der Waals surface area contributed by atoms with E-state index in [1.165, 1.54) is 0 Å². The molecule has 0 aliphatic heterocycles. The Balaban J connectivity index is 2.26. The molecule has 0 aliphatic carbocycles. The third-order valence-electron chi connectivity index (χ3n) is 2.30. The van der Waals surface area contributed by atoms with Crippen molar-refractivity contribution in [3.05, 3.63) is 35.9 Å². The van der Waals surface area contributed by atoms with E-state index in [1.54, 1.807) is 0 Å². The van der Waals surface area contributed by atoms with Crippen LogP contribution in [0.15, 0.2) is 30.3 Å². The Bertz CT molecular complexity index is 398. The Labute approximate surface area is 113 Å². The van der Waals surface area contributed by atoms with Crippen LogP contribution >= 0.6 is 11.8 Å². The second kappa shape index (κ2) is 7.40. The monoisotopic (exact) mass is 292 g/mol. The summed E-state index contributed by atoms with van der Waals surface area (Å²) in [7, 11) is 0. The number of nitrogens with two attached hydrogens (primary N) is 1. The van der Waals surface area contributed by atoms with Crippen molar-refractivity contribution in [2.24, 2.45) is 5.73 Å². The summed E-state index contributed by atoms with van der Waals surface area (Å²) >= 11 is -0.164. The van der Waals surface area contributed by atoms with Crippen molar-refractivity contribution < 1.29 is 18.0 Å². The van der Waals surface area contributed by atoms with Gasteiger partial charge in [-0.2, -0.15) is 13.2 Å². The fourth-order valence-corrected chi connectivity index (χ4v) is 1.87. The maximum Gasteiger partial charge on any atom is 0.441 e.